The molecule has 1 aromatic carbocycles. The third kappa shape index (κ3) is 2.87. The zero-order chi connectivity index (χ0) is 12.5. The number of hydrogen-bond acceptors (Lipinski definition) is 2. The molecule has 0 N–H and O–H groups in total. The molecule has 0 aliphatic carbocycles. The van der Waals surface area contributed by atoms with Gasteiger partial charge >= 0.3 is 0 Å². The summed E-state index contributed by atoms with van der Waals surface area (Å²) < 4.78 is 24.6. The lowest BCUT2D eigenvalue weighted by molar-refractivity contribution is 0.394. The lowest BCUT2D eigenvalue weighted by atomic mass is 9.97. The summed E-state index contributed by atoms with van der Waals surface area (Å²) in [5.41, 5.74) is 3.78. The molecule has 0 amide bonds. The van der Waals surface area contributed by atoms with Gasteiger partial charge < -0.3 is 0 Å². The van der Waals surface area contributed by atoms with Gasteiger partial charge in [-0.25, -0.2) is 8.42 Å². The lowest BCUT2D eigenvalue weighted by Crippen LogP contribution is -2.35. The van der Waals surface area contributed by atoms with E-state index in [-0.39, 0.29) is 0 Å². The molecule has 2 rings (SSSR count). The van der Waals surface area contributed by atoms with Crippen LogP contribution in [0.25, 0.3) is 0 Å². The molecule has 0 radical (unpaired) electrons. The highest BCUT2D eigenvalue weighted by molar-refractivity contribution is 7.88. The Morgan fingerprint density at radius 1 is 1.29 bits per heavy atom. The van der Waals surface area contributed by atoms with Gasteiger partial charge in [0.05, 0.1) is 6.26 Å². The molecular weight excluding hydrogens is 234 g/mol. The van der Waals surface area contributed by atoms with Crippen molar-refractivity contribution >= 4 is 10.0 Å². The average Bonchev–Trinajstić information content (AvgIpc) is 2.27. The normalized spacial score (nSPS) is 16.8. The second-order valence-corrected chi connectivity index (χ2v) is 6.68. The standard InChI is InChI=1S/C13H19NO2S/c1-3-4-11-5-6-12-7-8-14(17(2,15)16)10-13(12)9-11/h5-6,9H,3-4,7-8,10H2,1-2H3. The Balaban J connectivity index is 2.26. The predicted octanol–water partition coefficient (Wildman–Crippen LogP) is 1.96. The van der Waals surface area contributed by atoms with Crippen molar-refractivity contribution in [2.24, 2.45) is 0 Å². The summed E-state index contributed by atoms with van der Waals surface area (Å²) >= 11 is 0. The van der Waals surface area contributed by atoms with Gasteiger partial charge in [0.2, 0.25) is 10.0 Å². The Morgan fingerprint density at radius 3 is 2.71 bits per heavy atom. The number of nitrogens with zero attached hydrogens (tertiary/aromatic N) is 1. The first-order valence-electron chi connectivity index (χ1n) is 6.06. The molecule has 0 atom stereocenters. The van der Waals surface area contributed by atoms with Crippen LogP contribution in [0.4, 0.5) is 0 Å². The molecule has 17 heavy (non-hydrogen) atoms. The Hall–Kier alpha value is -0.870. The smallest absolute Gasteiger partial charge is 0.211 e. The highest BCUT2D eigenvalue weighted by atomic mass is 32.2. The monoisotopic (exact) mass is 253 g/mol. The summed E-state index contributed by atoms with van der Waals surface area (Å²) in [4.78, 5) is 0. The van der Waals surface area contributed by atoms with Crippen LogP contribution in [0, 0.1) is 0 Å². The van der Waals surface area contributed by atoms with Gasteiger partial charge in [-0.3, -0.25) is 0 Å². The number of hydrogen-bond donors (Lipinski definition) is 0. The van der Waals surface area contributed by atoms with E-state index in [4.69, 9.17) is 0 Å². The number of rotatable bonds is 3. The van der Waals surface area contributed by atoms with Crippen molar-refractivity contribution in [2.75, 3.05) is 12.8 Å². The largest absolute Gasteiger partial charge is 0.212 e. The van der Waals surface area contributed by atoms with Crippen LogP contribution in [0.2, 0.25) is 0 Å². The first-order chi connectivity index (χ1) is 8.00. The Kier molecular flexibility index (Phi) is 3.54. The first-order valence-corrected chi connectivity index (χ1v) is 7.91. The van der Waals surface area contributed by atoms with E-state index in [1.54, 1.807) is 4.31 Å². The van der Waals surface area contributed by atoms with Gasteiger partial charge in [-0.05, 0) is 29.5 Å². The van der Waals surface area contributed by atoms with E-state index in [0.717, 1.165) is 19.3 Å². The summed E-state index contributed by atoms with van der Waals surface area (Å²) in [6.45, 7) is 3.30. The minimum Gasteiger partial charge on any atom is -0.212 e. The van der Waals surface area contributed by atoms with Crippen molar-refractivity contribution in [3.63, 3.8) is 0 Å². The van der Waals surface area contributed by atoms with Gasteiger partial charge in [0.1, 0.15) is 0 Å². The molecular formula is C13H19NO2S. The molecule has 0 bridgehead atoms. The highest BCUT2D eigenvalue weighted by Gasteiger charge is 2.22. The quantitative estimate of drug-likeness (QED) is 0.825. The minimum absolute atomic E-state index is 0.533. The van der Waals surface area contributed by atoms with Gasteiger partial charge in [0.25, 0.3) is 0 Å². The van der Waals surface area contributed by atoms with Gasteiger partial charge in [-0.1, -0.05) is 31.5 Å². The maximum absolute atomic E-state index is 11.5. The van der Waals surface area contributed by atoms with Crippen LogP contribution in [-0.2, 0) is 29.4 Å². The maximum atomic E-state index is 11.5. The van der Waals surface area contributed by atoms with E-state index >= 15 is 0 Å². The van der Waals surface area contributed by atoms with Crippen LogP contribution < -0.4 is 0 Å². The zero-order valence-electron chi connectivity index (χ0n) is 10.4. The third-order valence-corrected chi connectivity index (χ3v) is 4.51. The second-order valence-electron chi connectivity index (χ2n) is 4.70. The van der Waals surface area contributed by atoms with Gasteiger partial charge in [-0.15, -0.1) is 0 Å². The first kappa shape index (κ1) is 12.6. The third-order valence-electron chi connectivity index (χ3n) is 3.26. The Labute approximate surface area is 104 Å². The van der Waals surface area contributed by atoms with E-state index in [2.05, 4.69) is 25.1 Å². The van der Waals surface area contributed by atoms with Crippen molar-refractivity contribution in [3.05, 3.63) is 34.9 Å². The van der Waals surface area contributed by atoms with E-state index < -0.39 is 10.0 Å². The summed E-state index contributed by atoms with van der Waals surface area (Å²) in [5, 5.41) is 0. The molecule has 1 heterocycles. The molecule has 3 nitrogen and oxygen atoms in total. The van der Waals surface area contributed by atoms with E-state index in [1.807, 2.05) is 0 Å². The summed E-state index contributed by atoms with van der Waals surface area (Å²) in [5.74, 6) is 0. The molecule has 0 saturated carbocycles. The summed E-state index contributed by atoms with van der Waals surface area (Å²) in [7, 11) is -3.06. The van der Waals surface area contributed by atoms with Crippen molar-refractivity contribution in [1.29, 1.82) is 0 Å². The number of sulfonamides is 1. The molecule has 0 saturated heterocycles. The van der Waals surface area contributed by atoms with Crippen molar-refractivity contribution in [1.82, 2.24) is 4.31 Å². The molecule has 0 spiro atoms. The van der Waals surface area contributed by atoms with Crippen molar-refractivity contribution in [2.45, 2.75) is 32.7 Å². The van der Waals surface area contributed by atoms with Gasteiger partial charge in [0, 0.05) is 13.1 Å². The van der Waals surface area contributed by atoms with Crippen LogP contribution in [0.3, 0.4) is 0 Å². The molecule has 94 valence electrons. The number of benzene rings is 1. The van der Waals surface area contributed by atoms with Crippen molar-refractivity contribution in [3.8, 4) is 0 Å². The van der Waals surface area contributed by atoms with Gasteiger partial charge in [-0.2, -0.15) is 4.31 Å². The van der Waals surface area contributed by atoms with E-state index in [1.165, 1.54) is 22.9 Å². The highest BCUT2D eigenvalue weighted by Crippen LogP contribution is 2.22. The van der Waals surface area contributed by atoms with Crippen LogP contribution in [-0.4, -0.2) is 25.5 Å². The average molecular weight is 253 g/mol. The summed E-state index contributed by atoms with van der Waals surface area (Å²) in [6, 6.07) is 6.48. The fourth-order valence-electron chi connectivity index (χ4n) is 2.31. The van der Waals surface area contributed by atoms with E-state index in [9.17, 15) is 8.42 Å². The molecule has 1 aliphatic rings. The second kappa shape index (κ2) is 4.78. The minimum atomic E-state index is -3.06. The molecule has 1 aromatic rings. The molecule has 0 fully saturated rings. The SMILES string of the molecule is CCCc1ccc2c(c1)CN(S(C)(=O)=O)CC2. The van der Waals surface area contributed by atoms with Crippen LogP contribution in [0.5, 0.6) is 0 Å². The fraction of sp³-hybridized carbons (Fsp3) is 0.538. The van der Waals surface area contributed by atoms with Crippen LogP contribution >= 0.6 is 0 Å². The van der Waals surface area contributed by atoms with Crippen LogP contribution in [0.1, 0.15) is 30.0 Å². The van der Waals surface area contributed by atoms with Crippen molar-refractivity contribution < 1.29 is 8.42 Å². The Morgan fingerprint density at radius 2 is 2.06 bits per heavy atom. The van der Waals surface area contributed by atoms with Gasteiger partial charge in [0.15, 0.2) is 0 Å². The van der Waals surface area contributed by atoms with Crippen LogP contribution in [0.15, 0.2) is 18.2 Å². The Bertz CT molecular complexity index is 508. The van der Waals surface area contributed by atoms with E-state index in [0.29, 0.717) is 13.1 Å². The molecule has 4 heteroatoms. The maximum Gasteiger partial charge on any atom is 0.211 e. The fourth-order valence-corrected chi connectivity index (χ4v) is 3.11. The molecule has 0 aromatic heterocycles. The zero-order valence-corrected chi connectivity index (χ0v) is 11.3. The predicted molar refractivity (Wildman–Crippen MR) is 69.4 cm³/mol. The molecule has 1 aliphatic heterocycles. The number of fused-ring (bicyclic) bond motifs is 1. The number of aryl methyl sites for hydroxylation is 1. The summed E-state index contributed by atoms with van der Waals surface area (Å²) in [6.07, 6.45) is 4.30. The topological polar surface area (TPSA) is 37.4 Å². The molecule has 0 unspecified atom stereocenters. The lowest BCUT2D eigenvalue weighted by Gasteiger charge is -2.27.